The maximum absolute atomic E-state index is 13.7. The Morgan fingerprint density at radius 3 is 2.88 bits per heavy atom. The van der Waals surface area contributed by atoms with E-state index in [2.05, 4.69) is 0 Å². The smallest absolute Gasteiger partial charge is 0.263 e. The summed E-state index contributed by atoms with van der Waals surface area (Å²) in [5.74, 6) is 0.372. The van der Waals surface area contributed by atoms with E-state index in [-0.39, 0.29) is 23.4 Å². The third kappa shape index (κ3) is 4.21. The number of carbonyl (C=O) groups is 1. The van der Waals surface area contributed by atoms with E-state index < -0.39 is 0 Å². The van der Waals surface area contributed by atoms with Crippen LogP contribution in [-0.2, 0) is 34.8 Å². The van der Waals surface area contributed by atoms with Crippen LogP contribution in [0, 0.1) is 5.82 Å². The first-order valence-electron chi connectivity index (χ1n) is 10.8. The number of benzene rings is 1. The van der Waals surface area contributed by atoms with Crippen molar-refractivity contribution in [3.05, 3.63) is 56.4 Å². The molecule has 2 aliphatic heterocycles. The molecule has 5 rings (SSSR count). The second kappa shape index (κ2) is 8.96. The van der Waals surface area contributed by atoms with E-state index >= 15 is 0 Å². The first-order chi connectivity index (χ1) is 15.5. The molecule has 32 heavy (non-hydrogen) atoms. The van der Waals surface area contributed by atoms with Crippen molar-refractivity contribution in [3.63, 3.8) is 0 Å². The van der Waals surface area contributed by atoms with Gasteiger partial charge in [-0.3, -0.25) is 14.2 Å². The average Bonchev–Trinajstić information content (AvgIpc) is 3.42. The number of halogens is 1. The van der Waals surface area contributed by atoms with Gasteiger partial charge in [0.1, 0.15) is 10.6 Å². The molecule has 1 saturated heterocycles. The summed E-state index contributed by atoms with van der Waals surface area (Å²) >= 11 is 3.00. The summed E-state index contributed by atoms with van der Waals surface area (Å²) < 4.78 is 20.8. The molecule has 2 aromatic heterocycles. The molecule has 1 fully saturated rings. The van der Waals surface area contributed by atoms with Gasteiger partial charge < -0.3 is 9.64 Å². The molecular weight excluding hydrogens is 449 g/mol. The third-order valence-electron chi connectivity index (χ3n) is 6.06. The molecule has 1 atom stereocenters. The largest absolute Gasteiger partial charge is 0.376 e. The van der Waals surface area contributed by atoms with Crippen molar-refractivity contribution in [2.75, 3.05) is 13.2 Å². The molecule has 3 aromatic rings. The van der Waals surface area contributed by atoms with Gasteiger partial charge in [0, 0.05) is 30.7 Å². The third-order valence-corrected chi connectivity index (χ3v) is 8.22. The Hall–Kier alpha value is -2.23. The Kier molecular flexibility index (Phi) is 6.05. The van der Waals surface area contributed by atoms with Crippen LogP contribution < -0.4 is 5.56 Å². The Bertz CT molecular complexity index is 1220. The molecule has 2 aliphatic rings. The van der Waals surface area contributed by atoms with Crippen LogP contribution in [0.4, 0.5) is 4.39 Å². The molecule has 0 N–H and O–H groups in total. The standard InChI is InChI=1S/C23H24FN3O3S2/c1-14(28)26-9-8-18-19(12-26)32-21-20(18)22(29)27(11-17-3-2-10-30-17)23(25-21)31-13-15-4-6-16(24)7-5-15/h4-7,17H,2-3,8-13H2,1H3/t17-/m0/s1. The number of hydrogen-bond acceptors (Lipinski definition) is 6. The highest BCUT2D eigenvalue weighted by Gasteiger charge is 2.27. The summed E-state index contributed by atoms with van der Waals surface area (Å²) in [6.45, 7) is 3.95. The Morgan fingerprint density at radius 2 is 2.16 bits per heavy atom. The zero-order valence-corrected chi connectivity index (χ0v) is 19.4. The fourth-order valence-electron chi connectivity index (χ4n) is 4.32. The molecule has 9 heteroatoms. The molecule has 0 bridgehead atoms. The molecule has 0 radical (unpaired) electrons. The molecule has 0 aliphatic carbocycles. The van der Waals surface area contributed by atoms with Crippen molar-refractivity contribution in [3.8, 4) is 0 Å². The van der Waals surface area contributed by atoms with Gasteiger partial charge in [-0.15, -0.1) is 11.3 Å². The highest BCUT2D eigenvalue weighted by Crippen LogP contribution is 2.34. The number of thiophene rings is 1. The van der Waals surface area contributed by atoms with Gasteiger partial charge in [0.2, 0.25) is 5.91 Å². The summed E-state index contributed by atoms with van der Waals surface area (Å²) in [4.78, 5) is 34.0. The van der Waals surface area contributed by atoms with Crippen LogP contribution in [0.25, 0.3) is 10.2 Å². The van der Waals surface area contributed by atoms with Crippen molar-refractivity contribution in [2.45, 2.75) is 56.3 Å². The number of hydrogen-bond donors (Lipinski definition) is 0. The number of nitrogens with zero attached hydrogens (tertiary/aromatic N) is 3. The van der Waals surface area contributed by atoms with Gasteiger partial charge in [-0.05, 0) is 42.5 Å². The first-order valence-corrected chi connectivity index (χ1v) is 12.6. The molecule has 6 nitrogen and oxygen atoms in total. The Balaban J connectivity index is 1.53. The van der Waals surface area contributed by atoms with E-state index in [4.69, 9.17) is 9.72 Å². The van der Waals surface area contributed by atoms with Crippen LogP contribution in [0.2, 0.25) is 0 Å². The minimum Gasteiger partial charge on any atom is -0.376 e. The van der Waals surface area contributed by atoms with Gasteiger partial charge in [0.25, 0.3) is 5.56 Å². The summed E-state index contributed by atoms with van der Waals surface area (Å²) in [6.07, 6.45) is 2.62. The van der Waals surface area contributed by atoms with Gasteiger partial charge in [-0.1, -0.05) is 23.9 Å². The average molecular weight is 474 g/mol. The lowest BCUT2D eigenvalue weighted by atomic mass is 10.1. The number of aromatic nitrogens is 2. The molecule has 0 unspecified atom stereocenters. The van der Waals surface area contributed by atoms with Gasteiger partial charge >= 0.3 is 0 Å². The quantitative estimate of drug-likeness (QED) is 0.414. The highest BCUT2D eigenvalue weighted by molar-refractivity contribution is 7.98. The molecule has 1 amide bonds. The van der Waals surface area contributed by atoms with E-state index in [9.17, 15) is 14.0 Å². The second-order valence-corrected chi connectivity index (χ2v) is 10.3. The molecule has 0 spiro atoms. The minimum atomic E-state index is -0.266. The van der Waals surface area contributed by atoms with Crippen LogP contribution in [0.5, 0.6) is 0 Å². The van der Waals surface area contributed by atoms with Gasteiger partial charge in [0.05, 0.1) is 24.6 Å². The number of rotatable bonds is 5. The van der Waals surface area contributed by atoms with Crippen molar-refractivity contribution in [1.29, 1.82) is 0 Å². The molecular formula is C23H24FN3O3S2. The molecule has 0 saturated carbocycles. The summed E-state index contributed by atoms with van der Waals surface area (Å²) in [6, 6.07) is 6.40. The van der Waals surface area contributed by atoms with E-state index in [0.29, 0.717) is 42.4 Å². The SMILES string of the molecule is CC(=O)N1CCc2c(sc3nc(SCc4ccc(F)cc4)n(C[C@@H]4CCCO4)c(=O)c23)C1. The monoisotopic (exact) mass is 473 g/mol. The number of carbonyl (C=O) groups excluding carboxylic acids is 1. The molecule has 4 heterocycles. The number of fused-ring (bicyclic) bond motifs is 3. The Morgan fingerprint density at radius 1 is 1.34 bits per heavy atom. The van der Waals surface area contributed by atoms with E-state index in [1.807, 2.05) is 4.90 Å². The number of amides is 1. The molecule has 168 valence electrons. The van der Waals surface area contributed by atoms with Crippen LogP contribution in [0.1, 0.15) is 35.8 Å². The van der Waals surface area contributed by atoms with Crippen molar-refractivity contribution in [1.82, 2.24) is 14.5 Å². The first kappa shape index (κ1) is 21.6. The maximum Gasteiger partial charge on any atom is 0.263 e. The number of ether oxygens (including phenoxy) is 1. The number of thioether (sulfide) groups is 1. The van der Waals surface area contributed by atoms with Crippen molar-refractivity contribution < 1.29 is 13.9 Å². The van der Waals surface area contributed by atoms with Crippen molar-refractivity contribution >= 4 is 39.2 Å². The lowest BCUT2D eigenvalue weighted by Crippen LogP contribution is -2.34. The van der Waals surface area contributed by atoms with E-state index in [1.54, 1.807) is 23.6 Å². The van der Waals surface area contributed by atoms with Crippen LogP contribution >= 0.6 is 23.1 Å². The lowest BCUT2D eigenvalue weighted by molar-refractivity contribution is -0.129. The summed E-state index contributed by atoms with van der Waals surface area (Å²) in [7, 11) is 0. The maximum atomic E-state index is 13.7. The van der Waals surface area contributed by atoms with Crippen LogP contribution in [-0.4, -0.2) is 39.6 Å². The fourth-order valence-corrected chi connectivity index (χ4v) is 6.56. The van der Waals surface area contributed by atoms with E-state index in [1.165, 1.54) is 35.2 Å². The van der Waals surface area contributed by atoms with Gasteiger partial charge in [-0.25, -0.2) is 9.37 Å². The molecule has 1 aromatic carbocycles. The zero-order chi connectivity index (χ0) is 22.2. The van der Waals surface area contributed by atoms with Crippen LogP contribution in [0.15, 0.2) is 34.2 Å². The Labute approximate surface area is 193 Å². The zero-order valence-electron chi connectivity index (χ0n) is 17.8. The predicted molar refractivity (Wildman–Crippen MR) is 124 cm³/mol. The second-order valence-electron chi connectivity index (χ2n) is 8.23. The minimum absolute atomic E-state index is 0.0137. The van der Waals surface area contributed by atoms with Gasteiger partial charge in [0.15, 0.2) is 5.16 Å². The fraction of sp³-hybridized carbons (Fsp3) is 0.435. The highest BCUT2D eigenvalue weighted by atomic mass is 32.2. The van der Waals surface area contributed by atoms with E-state index in [0.717, 1.165) is 40.3 Å². The summed E-state index contributed by atoms with van der Waals surface area (Å²) in [5, 5.41) is 1.35. The summed E-state index contributed by atoms with van der Waals surface area (Å²) in [5.41, 5.74) is 1.98. The topological polar surface area (TPSA) is 64.4 Å². The van der Waals surface area contributed by atoms with Gasteiger partial charge in [-0.2, -0.15) is 0 Å². The van der Waals surface area contributed by atoms with Crippen molar-refractivity contribution in [2.24, 2.45) is 0 Å². The normalized spacial score (nSPS) is 18.3. The lowest BCUT2D eigenvalue weighted by Gasteiger charge is -2.25. The van der Waals surface area contributed by atoms with Crippen LogP contribution in [0.3, 0.4) is 0 Å². The predicted octanol–water partition coefficient (Wildman–Crippen LogP) is 3.97.